The standard InChI is InChI=1S/C16H25N5O3S/c1-5-13-16(14(6-2)20(4)18-13)25(22,23)21-7-8-24-15(11-21)12-9-17-19(3)10-12/h9-10,15H,5-8,11H2,1-4H3/t15-/m1/s1. The first-order valence-electron chi connectivity index (χ1n) is 8.53. The van der Waals surface area contributed by atoms with Gasteiger partial charge in [0.05, 0.1) is 30.3 Å². The van der Waals surface area contributed by atoms with Crippen LogP contribution in [0.25, 0.3) is 0 Å². The predicted octanol–water partition coefficient (Wildman–Crippen LogP) is 1.04. The summed E-state index contributed by atoms with van der Waals surface area (Å²) in [4.78, 5) is 0.367. The Hall–Kier alpha value is -1.71. The molecule has 9 heteroatoms. The van der Waals surface area contributed by atoms with Crippen LogP contribution in [-0.4, -0.2) is 52.0 Å². The van der Waals surface area contributed by atoms with Crippen LogP contribution in [-0.2, 0) is 41.7 Å². The summed E-state index contributed by atoms with van der Waals surface area (Å²) in [6.07, 6.45) is 4.48. The lowest BCUT2D eigenvalue weighted by molar-refractivity contribution is -0.00262. The molecule has 0 aromatic carbocycles. The van der Waals surface area contributed by atoms with Crippen LogP contribution in [0.2, 0.25) is 0 Å². The highest BCUT2D eigenvalue weighted by atomic mass is 32.2. The van der Waals surface area contributed by atoms with Crippen LogP contribution >= 0.6 is 0 Å². The first-order chi connectivity index (χ1) is 11.9. The highest BCUT2D eigenvalue weighted by Crippen LogP contribution is 2.29. The highest BCUT2D eigenvalue weighted by Gasteiger charge is 2.36. The van der Waals surface area contributed by atoms with Gasteiger partial charge in [-0.05, 0) is 12.8 Å². The molecule has 1 fully saturated rings. The van der Waals surface area contributed by atoms with E-state index >= 15 is 0 Å². The SMILES string of the molecule is CCc1nn(C)c(CC)c1S(=O)(=O)N1CCO[C@@H](c2cnn(C)c2)C1. The van der Waals surface area contributed by atoms with E-state index in [9.17, 15) is 8.42 Å². The topological polar surface area (TPSA) is 82.2 Å². The highest BCUT2D eigenvalue weighted by molar-refractivity contribution is 7.89. The molecule has 25 heavy (non-hydrogen) atoms. The Kier molecular flexibility index (Phi) is 4.99. The van der Waals surface area contributed by atoms with Crippen molar-refractivity contribution in [1.29, 1.82) is 0 Å². The smallest absolute Gasteiger partial charge is 0.246 e. The summed E-state index contributed by atoms with van der Waals surface area (Å²) < 4.78 is 37.3. The van der Waals surface area contributed by atoms with Crippen LogP contribution in [0.4, 0.5) is 0 Å². The maximum atomic E-state index is 13.3. The van der Waals surface area contributed by atoms with E-state index in [4.69, 9.17) is 4.74 Å². The van der Waals surface area contributed by atoms with Gasteiger partial charge in [0.15, 0.2) is 0 Å². The molecule has 8 nitrogen and oxygen atoms in total. The Balaban J connectivity index is 1.95. The first kappa shape index (κ1) is 18.1. The van der Waals surface area contributed by atoms with Crippen molar-refractivity contribution in [2.75, 3.05) is 19.7 Å². The minimum Gasteiger partial charge on any atom is -0.371 e. The van der Waals surface area contributed by atoms with Crippen molar-refractivity contribution in [2.45, 2.75) is 37.7 Å². The molecular formula is C16H25N5O3S. The van der Waals surface area contributed by atoms with Crippen LogP contribution in [0.1, 0.15) is 36.9 Å². The second kappa shape index (κ2) is 6.89. The van der Waals surface area contributed by atoms with E-state index in [2.05, 4.69) is 10.2 Å². The zero-order valence-corrected chi connectivity index (χ0v) is 16.0. The molecule has 1 aliphatic heterocycles. The molecule has 0 radical (unpaired) electrons. The summed E-state index contributed by atoms with van der Waals surface area (Å²) >= 11 is 0. The molecule has 0 spiro atoms. The molecule has 0 saturated carbocycles. The Morgan fingerprint density at radius 3 is 2.64 bits per heavy atom. The molecular weight excluding hydrogens is 342 g/mol. The number of aromatic nitrogens is 4. The molecule has 0 bridgehead atoms. The fraction of sp³-hybridized carbons (Fsp3) is 0.625. The Labute approximate surface area is 148 Å². The van der Waals surface area contributed by atoms with Gasteiger partial charge < -0.3 is 4.74 Å². The van der Waals surface area contributed by atoms with Crippen LogP contribution in [0.3, 0.4) is 0 Å². The average Bonchev–Trinajstić information content (AvgIpc) is 3.18. The molecule has 1 aliphatic rings. The van der Waals surface area contributed by atoms with Gasteiger partial charge in [-0.2, -0.15) is 14.5 Å². The zero-order valence-electron chi connectivity index (χ0n) is 15.1. The lowest BCUT2D eigenvalue weighted by Crippen LogP contribution is -2.42. The van der Waals surface area contributed by atoms with Crippen LogP contribution in [0.5, 0.6) is 0 Å². The number of morpholine rings is 1. The molecule has 3 rings (SSSR count). The molecule has 2 aromatic rings. The van der Waals surface area contributed by atoms with E-state index < -0.39 is 10.0 Å². The normalized spacial score (nSPS) is 19.4. The van der Waals surface area contributed by atoms with Crippen molar-refractivity contribution >= 4 is 10.0 Å². The summed E-state index contributed by atoms with van der Waals surface area (Å²) in [7, 11) is 0.0132. The number of rotatable bonds is 5. The van der Waals surface area contributed by atoms with Crippen molar-refractivity contribution in [3.8, 4) is 0 Å². The summed E-state index contributed by atoms with van der Waals surface area (Å²) in [6, 6.07) is 0. The number of sulfonamides is 1. The molecule has 138 valence electrons. The molecule has 0 N–H and O–H groups in total. The van der Waals surface area contributed by atoms with Crippen LogP contribution in [0.15, 0.2) is 17.3 Å². The average molecular weight is 367 g/mol. The summed E-state index contributed by atoms with van der Waals surface area (Å²) in [6.45, 7) is 4.88. The molecule has 2 aromatic heterocycles. The van der Waals surface area contributed by atoms with E-state index in [1.54, 1.807) is 22.6 Å². The lowest BCUT2D eigenvalue weighted by atomic mass is 10.2. The second-order valence-electron chi connectivity index (χ2n) is 6.22. The fourth-order valence-corrected chi connectivity index (χ4v) is 5.26. The van der Waals surface area contributed by atoms with E-state index in [-0.39, 0.29) is 12.6 Å². The van der Waals surface area contributed by atoms with E-state index in [1.807, 2.05) is 27.1 Å². The van der Waals surface area contributed by atoms with Crippen molar-refractivity contribution in [2.24, 2.45) is 14.1 Å². The third kappa shape index (κ3) is 3.23. The van der Waals surface area contributed by atoms with Crippen molar-refractivity contribution in [3.05, 3.63) is 29.3 Å². The number of hydrogen-bond acceptors (Lipinski definition) is 5. The Morgan fingerprint density at radius 2 is 2.04 bits per heavy atom. The number of nitrogens with zero attached hydrogens (tertiary/aromatic N) is 5. The quantitative estimate of drug-likeness (QED) is 0.789. The zero-order chi connectivity index (χ0) is 18.2. The van der Waals surface area contributed by atoms with Crippen LogP contribution in [0, 0.1) is 0 Å². The molecule has 1 saturated heterocycles. The lowest BCUT2D eigenvalue weighted by Gasteiger charge is -2.32. The predicted molar refractivity (Wildman–Crippen MR) is 92.6 cm³/mol. The van der Waals surface area contributed by atoms with Gasteiger partial charge >= 0.3 is 0 Å². The first-order valence-corrected chi connectivity index (χ1v) is 9.97. The van der Waals surface area contributed by atoms with Crippen LogP contribution < -0.4 is 0 Å². The summed E-state index contributed by atoms with van der Waals surface area (Å²) in [5, 5.41) is 8.56. The van der Waals surface area contributed by atoms with Crippen molar-refractivity contribution in [3.63, 3.8) is 0 Å². The Bertz CT molecular complexity index is 855. The molecule has 0 amide bonds. The molecule has 0 unspecified atom stereocenters. The van der Waals surface area contributed by atoms with Gasteiger partial charge in [-0.25, -0.2) is 8.42 Å². The minimum atomic E-state index is -3.62. The van der Waals surface area contributed by atoms with Gasteiger partial charge in [0.1, 0.15) is 4.90 Å². The van der Waals surface area contributed by atoms with Gasteiger partial charge in [0, 0.05) is 38.9 Å². The van der Waals surface area contributed by atoms with E-state index in [0.717, 1.165) is 11.3 Å². The molecule has 3 heterocycles. The van der Waals surface area contributed by atoms with Gasteiger partial charge in [0.25, 0.3) is 0 Å². The van der Waals surface area contributed by atoms with Gasteiger partial charge in [-0.3, -0.25) is 9.36 Å². The minimum absolute atomic E-state index is 0.287. The largest absolute Gasteiger partial charge is 0.371 e. The number of aryl methyl sites for hydroxylation is 3. The van der Waals surface area contributed by atoms with E-state index in [0.29, 0.717) is 36.6 Å². The maximum Gasteiger partial charge on any atom is 0.246 e. The third-order valence-corrected chi connectivity index (χ3v) is 6.58. The van der Waals surface area contributed by atoms with Gasteiger partial charge in [0.2, 0.25) is 10.0 Å². The van der Waals surface area contributed by atoms with Gasteiger partial charge in [-0.15, -0.1) is 0 Å². The summed E-state index contributed by atoms with van der Waals surface area (Å²) in [5.74, 6) is 0. The Morgan fingerprint density at radius 1 is 1.28 bits per heavy atom. The van der Waals surface area contributed by atoms with E-state index in [1.165, 1.54) is 4.31 Å². The van der Waals surface area contributed by atoms with Crippen molar-refractivity contribution in [1.82, 2.24) is 23.9 Å². The third-order valence-electron chi connectivity index (χ3n) is 4.58. The molecule has 0 aliphatic carbocycles. The second-order valence-corrected chi connectivity index (χ2v) is 8.10. The summed E-state index contributed by atoms with van der Waals surface area (Å²) in [5.41, 5.74) is 2.27. The monoisotopic (exact) mass is 367 g/mol. The maximum absolute atomic E-state index is 13.3. The number of hydrogen-bond donors (Lipinski definition) is 0. The number of ether oxygens (including phenoxy) is 1. The van der Waals surface area contributed by atoms with Gasteiger partial charge in [-0.1, -0.05) is 13.8 Å². The fourth-order valence-electron chi connectivity index (χ4n) is 3.30. The molecule has 1 atom stereocenters. The van der Waals surface area contributed by atoms with Crippen molar-refractivity contribution < 1.29 is 13.2 Å².